The van der Waals surface area contributed by atoms with Crippen LogP contribution in [0.15, 0.2) is 0 Å². The van der Waals surface area contributed by atoms with Gasteiger partial charge in [0.1, 0.15) is 0 Å². The number of rotatable bonds is 5. The number of carbonyl (C=O) groups is 1. The van der Waals surface area contributed by atoms with E-state index in [1.807, 2.05) is 13.8 Å². The van der Waals surface area contributed by atoms with Crippen LogP contribution < -0.4 is 5.32 Å². The lowest BCUT2D eigenvalue weighted by molar-refractivity contribution is -0.169. The van der Waals surface area contributed by atoms with Crippen LogP contribution >= 0.6 is 0 Å². The molecule has 1 rings (SSSR count). The molecule has 1 fully saturated rings. The van der Waals surface area contributed by atoms with Gasteiger partial charge in [0.05, 0.1) is 6.61 Å². The number of ether oxygens (including phenoxy) is 2. The lowest BCUT2D eigenvalue weighted by Gasteiger charge is -2.25. The molecule has 0 bridgehead atoms. The minimum Gasteiger partial charge on any atom is -0.464 e. The summed E-state index contributed by atoms with van der Waals surface area (Å²) in [6, 6.07) is 0. The van der Waals surface area contributed by atoms with Crippen molar-refractivity contribution in [3.63, 3.8) is 0 Å². The van der Waals surface area contributed by atoms with E-state index in [9.17, 15) is 4.79 Å². The van der Waals surface area contributed by atoms with Gasteiger partial charge in [-0.15, -0.1) is 0 Å². The average Bonchev–Trinajstić information content (AvgIpc) is 2.65. The van der Waals surface area contributed by atoms with Gasteiger partial charge in [-0.1, -0.05) is 6.92 Å². The van der Waals surface area contributed by atoms with Crippen molar-refractivity contribution in [2.45, 2.75) is 32.3 Å². The lowest BCUT2D eigenvalue weighted by Crippen LogP contribution is -2.45. The Bertz CT molecular complexity index is 188. The second-order valence-corrected chi connectivity index (χ2v) is 3.49. The summed E-state index contributed by atoms with van der Waals surface area (Å²) >= 11 is 0. The summed E-state index contributed by atoms with van der Waals surface area (Å²) < 4.78 is 10.6. The zero-order valence-corrected chi connectivity index (χ0v) is 8.97. The first-order valence-electron chi connectivity index (χ1n) is 5.27. The molecule has 1 atom stereocenters. The van der Waals surface area contributed by atoms with Crippen LogP contribution in [0.25, 0.3) is 0 Å². The molecule has 1 saturated heterocycles. The summed E-state index contributed by atoms with van der Waals surface area (Å²) in [5.74, 6) is -0.224. The molecule has 0 amide bonds. The fourth-order valence-electron chi connectivity index (χ4n) is 1.59. The van der Waals surface area contributed by atoms with Crippen LogP contribution in [0.3, 0.4) is 0 Å². The van der Waals surface area contributed by atoms with Gasteiger partial charge < -0.3 is 14.8 Å². The van der Waals surface area contributed by atoms with Gasteiger partial charge in [-0.25, -0.2) is 4.79 Å². The molecule has 0 aliphatic carbocycles. The standard InChI is InChI=1S/C10H19NO3/c1-3-7-14-10(5-6-11-8-10)9(12)13-4-2/h11H,3-8H2,1-2H3. The van der Waals surface area contributed by atoms with Gasteiger partial charge in [-0.2, -0.15) is 0 Å². The Morgan fingerprint density at radius 3 is 2.79 bits per heavy atom. The normalized spacial score (nSPS) is 26.4. The summed E-state index contributed by atoms with van der Waals surface area (Å²) in [6.07, 6.45) is 1.63. The lowest BCUT2D eigenvalue weighted by atomic mass is 10.0. The van der Waals surface area contributed by atoms with Crippen LogP contribution in [-0.4, -0.2) is 37.9 Å². The third-order valence-electron chi connectivity index (χ3n) is 2.35. The quantitative estimate of drug-likeness (QED) is 0.665. The first-order chi connectivity index (χ1) is 6.75. The molecule has 0 saturated carbocycles. The van der Waals surface area contributed by atoms with Crippen molar-refractivity contribution in [2.75, 3.05) is 26.3 Å². The molecular weight excluding hydrogens is 182 g/mol. The maximum absolute atomic E-state index is 11.7. The molecule has 1 aliphatic rings. The third-order valence-corrected chi connectivity index (χ3v) is 2.35. The van der Waals surface area contributed by atoms with Gasteiger partial charge in [0.15, 0.2) is 5.60 Å². The van der Waals surface area contributed by atoms with Crippen LogP contribution in [0.2, 0.25) is 0 Å². The molecule has 0 aromatic carbocycles. The molecule has 0 aromatic heterocycles. The SMILES string of the molecule is CCCOC1(C(=O)OCC)CCNC1. The Morgan fingerprint density at radius 1 is 1.50 bits per heavy atom. The predicted molar refractivity (Wildman–Crippen MR) is 53.1 cm³/mol. The number of esters is 1. The zero-order valence-electron chi connectivity index (χ0n) is 8.97. The highest BCUT2D eigenvalue weighted by Gasteiger charge is 2.43. The molecule has 1 unspecified atom stereocenters. The topological polar surface area (TPSA) is 47.6 Å². The molecule has 4 nitrogen and oxygen atoms in total. The van der Waals surface area contributed by atoms with Crippen molar-refractivity contribution in [1.29, 1.82) is 0 Å². The van der Waals surface area contributed by atoms with Gasteiger partial charge in [0.25, 0.3) is 0 Å². The van der Waals surface area contributed by atoms with Crippen LogP contribution in [0.4, 0.5) is 0 Å². The van der Waals surface area contributed by atoms with E-state index in [-0.39, 0.29) is 5.97 Å². The molecule has 0 radical (unpaired) electrons. The monoisotopic (exact) mass is 201 g/mol. The van der Waals surface area contributed by atoms with Gasteiger partial charge >= 0.3 is 5.97 Å². The molecule has 82 valence electrons. The van der Waals surface area contributed by atoms with E-state index >= 15 is 0 Å². The number of nitrogens with one attached hydrogen (secondary N) is 1. The summed E-state index contributed by atoms with van der Waals surface area (Å²) in [5, 5.41) is 3.14. The molecule has 14 heavy (non-hydrogen) atoms. The van der Waals surface area contributed by atoms with E-state index < -0.39 is 5.60 Å². The Morgan fingerprint density at radius 2 is 2.29 bits per heavy atom. The Kier molecular flexibility index (Phi) is 4.35. The van der Waals surface area contributed by atoms with Gasteiger partial charge in [-0.05, 0) is 19.9 Å². The van der Waals surface area contributed by atoms with Gasteiger partial charge in [0, 0.05) is 19.6 Å². The fraction of sp³-hybridized carbons (Fsp3) is 0.900. The molecule has 0 aromatic rings. The summed E-state index contributed by atoms with van der Waals surface area (Å²) in [7, 11) is 0. The Balaban J connectivity index is 2.56. The molecule has 0 spiro atoms. The molecule has 1 aliphatic heterocycles. The second kappa shape index (κ2) is 5.32. The van der Waals surface area contributed by atoms with E-state index in [0.717, 1.165) is 13.0 Å². The van der Waals surface area contributed by atoms with Crippen molar-refractivity contribution in [1.82, 2.24) is 5.32 Å². The average molecular weight is 201 g/mol. The van der Waals surface area contributed by atoms with Crippen molar-refractivity contribution < 1.29 is 14.3 Å². The maximum atomic E-state index is 11.7. The number of hydrogen-bond donors (Lipinski definition) is 1. The minimum atomic E-state index is -0.716. The minimum absolute atomic E-state index is 0.224. The van der Waals surface area contributed by atoms with E-state index in [1.165, 1.54) is 0 Å². The van der Waals surface area contributed by atoms with Crippen molar-refractivity contribution in [2.24, 2.45) is 0 Å². The predicted octanol–water partition coefficient (Wildman–Crippen LogP) is 0.708. The smallest absolute Gasteiger partial charge is 0.339 e. The first-order valence-corrected chi connectivity index (χ1v) is 5.27. The fourth-order valence-corrected chi connectivity index (χ4v) is 1.59. The number of carbonyl (C=O) groups excluding carboxylic acids is 1. The third kappa shape index (κ3) is 2.45. The van der Waals surface area contributed by atoms with Crippen LogP contribution in [0, 0.1) is 0 Å². The highest BCUT2D eigenvalue weighted by atomic mass is 16.6. The van der Waals surface area contributed by atoms with Crippen molar-refractivity contribution >= 4 is 5.97 Å². The molecule has 1 N–H and O–H groups in total. The number of hydrogen-bond acceptors (Lipinski definition) is 4. The molecular formula is C10H19NO3. The largest absolute Gasteiger partial charge is 0.464 e. The van der Waals surface area contributed by atoms with Gasteiger partial charge in [-0.3, -0.25) is 0 Å². The Labute approximate surface area is 85.0 Å². The molecule has 1 heterocycles. The highest BCUT2D eigenvalue weighted by molar-refractivity contribution is 5.80. The zero-order chi connectivity index (χ0) is 10.4. The summed E-state index contributed by atoms with van der Waals surface area (Å²) in [5.41, 5.74) is -0.716. The molecule has 4 heteroatoms. The van der Waals surface area contributed by atoms with E-state index in [2.05, 4.69) is 5.32 Å². The van der Waals surface area contributed by atoms with Crippen LogP contribution in [-0.2, 0) is 14.3 Å². The van der Waals surface area contributed by atoms with E-state index in [0.29, 0.717) is 26.2 Å². The van der Waals surface area contributed by atoms with Crippen LogP contribution in [0.5, 0.6) is 0 Å². The first kappa shape index (κ1) is 11.5. The highest BCUT2D eigenvalue weighted by Crippen LogP contribution is 2.22. The van der Waals surface area contributed by atoms with Crippen LogP contribution in [0.1, 0.15) is 26.7 Å². The Hall–Kier alpha value is -0.610. The van der Waals surface area contributed by atoms with Crippen molar-refractivity contribution in [3.8, 4) is 0 Å². The van der Waals surface area contributed by atoms with E-state index in [1.54, 1.807) is 0 Å². The van der Waals surface area contributed by atoms with E-state index in [4.69, 9.17) is 9.47 Å². The summed E-state index contributed by atoms with van der Waals surface area (Å²) in [4.78, 5) is 11.7. The van der Waals surface area contributed by atoms with Gasteiger partial charge in [0.2, 0.25) is 0 Å². The maximum Gasteiger partial charge on any atom is 0.339 e. The second-order valence-electron chi connectivity index (χ2n) is 3.49. The summed E-state index contributed by atoms with van der Waals surface area (Å²) in [6.45, 7) is 6.26. The van der Waals surface area contributed by atoms with Crippen molar-refractivity contribution in [3.05, 3.63) is 0 Å².